The van der Waals surface area contributed by atoms with Gasteiger partial charge in [0.1, 0.15) is 11.1 Å². The Labute approximate surface area is 130 Å². The summed E-state index contributed by atoms with van der Waals surface area (Å²) in [5.41, 5.74) is 1.85. The van der Waals surface area contributed by atoms with Gasteiger partial charge in [-0.25, -0.2) is 4.68 Å². The zero-order chi connectivity index (χ0) is 15.8. The minimum atomic E-state index is -0.0929. The van der Waals surface area contributed by atoms with E-state index >= 15 is 0 Å². The molecule has 6 nitrogen and oxygen atoms in total. The van der Waals surface area contributed by atoms with Gasteiger partial charge in [0, 0.05) is 6.20 Å². The molecule has 3 heterocycles. The first-order valence-electron chi connectivity index (χ1n) is 7.11. The third-order valence-electron chi connectivity index (χ3n) is 3.76. The van der Waals surface area contributed by atoms with Gasteiger partial charge >= 0.3 is 0 Å². The monoisotopic (exact) mass is 307 g/mol. The SMILES string of the molecule is COc1ccc(Cn2ncc3c(=O)c4ccncc4oc32)cc1. The lowest BCUT2D eigenvalue weighted by molar-refractivity contribution is 0.414. The molecular formula is C17H13N3O3. The maximum absolute atomic E-state index is 12.5. The minimum Gasteiger partial charge on any atom is -0.497 e. The van der Waals surface area contributed by atoms with Gasteiger partial charge in [-0.15, -0.1) is 0 Å². The van der Waals surface area contributed by atoms with Crippen LogP contribution in [-0.4, -0.2) is 21.9 Å². The number of benzene rings is 1. The van der Waals surface area contributed by atoms with E-state index in [-0.39, 0.29) is 5.43 Å². The Balaban J connectivity index is 1.82. The molecule has 3 aromatic heterocycles. The second-order valence-electron chi connectivity index (χ2n) is 5.17. The average molecular weight is 307 g/mol. The molecule has 4 aromatic rings. The molecule has 0 N–H and O–H groups in total. The molecule has 0 aliphatic rings. The van der Waals surface area contributed by atoms with Gasteiger partial charge in [-0.05, 0) is 23.8 Å². The molecule has 0 atom stereocenters. The third-order valence-corrected chi connectivity index (χ3v) is 3.76. The predicted octanol–water partition coefficient (Wildman–Crippen LogP) is 2.59. The zero-order valence-corrected chi connectivity index (χ0v) is 12.4. The van der Waals surface area contributed by atoms with E-state index < -0.39 is 0 Å². The van der Waals surface area contributed by atoms with E-state index in [4.69, 9.17) is 9.15 Å². The summed E-state index contributed by atoms with van der Waals surface area (Å²) in [7, 11) is 1.63. The fourth-order valence-electron chi connectivity index (χ4n) is 2.55. The van der Waals surface area contributed by atoms with Crippen LogP contribution in [0.2, 0.25) is 0 Å². The first kappa shape index (κ1) is 13.5. The van der Waals surface area contributed by atoms with Crippen LogP contribution in [0.1, 0.15) is 5.56 Å². The molecule has 0 saturated carbocycles. The molecule has 4 rings (SSSR count). The lowest BCUT2D eigenvalue weighted by atomic mass is 10.2. The molecule has 0 aliphatic heterocycles. The number of methoxy groups -OCH3 is 1. The second-order valence-corrected chi connectivity index (χ2v) is 5.17. The molecule has 0 unspecified atom stereocenters. The highest BCUT2D eigenvalue weighted by molar-refractivity contribution is 5.87. The Morgan fingerprint density at radius 3 is 2.74 bits per heavy atom. The van der Waals surface area contributed by atoms with Crippen LogP contribution in [0.4, 0.5) is 0 Å². The van der Waals surface area contributed by atoms with E-state index in [1.807, 2.05) is 24.3 Å². The van der Waals surface area contributed by atoms with Crippen LogP contribution in [0.15, 0.2) is 58.1 Å². The van der Waals surface area contributed by atoms with Gasteiger partial charge in [0.05, 0.1) is 31.4 Å². The molecule has 0 fully saturated rings. The van der Waals surface area contributed by atoms with E-state index in [0.717, 1.165) is 11.3 Å². The van der Waals surface area contributed by atoms with Crippen molar-refractivity contribution in [2.24, 2.45) is 0 Å². The lowest BCUT2D eigenvalue weighted by Gasteiger charge is -2.05. The van der Waals surface area contributed by atoms with Crippen LogP contribution in [0, 0.1) is 0 Å². The van der Waals surface area contributed by atoms with Crippen LogP contribution in [-0.2, 0) is 6.54 Å². The van der Waals surface area contributed by atoms with Crippen LogP contribution in [0.25, 0.3) is 22.1 Å². The highest BCUT2D eigenvalue weighted by Gasteiger charge is 2.13. The first-order valence-corrected chi connectivity index (χ1v) is 7.11. The number of hydrogen-bond donors (Lipinski definition) is 0. The number of rotatable bonds is 3. The first-order chi connectivity index (χ1) is 11.3. The van der Waals surface area contributed by atoms with Gasteiger partial charge in [0.25, 0.3) is 0 Å². The van der Waals surface area contributed by atoms with Gasteiger partial charge in [-0.1, -0.05) is 12.1 Å². The summed E-state index contributed by atoms with van der Waals surface area (Å²) in [4.78, 5) is 16.5. The van der Waals surface area contributed by atoms with Gasteiger partial charge in [-0.2, -0.15) is 5.10 Å². The fourth-order valence-corrected chi connectivity index (χ4v) is 2.55. The Bertz CT molecular complexity index is 1050. The lowest BCUT2D eigenvalue weighted by Crippen LogP contribution is -2.04. The van der Waals surface area contributed by atoms with Crippen molar-refractivity contribution in [3.05, 3.63) is 64.7 Å². The number of nitrogens with zero attached hydrogens (tertiary/aromatic N) is 3. The quantitative estimate of drug-likeness (QED) is 0.582. The largest absolute Gasteiger partial charge is 0.497 e. The molecule has 0 saturated heterocycles. The maximum atomic E-state index is 12.5. The topological polar surface area (TPSA) is 70.2 Å². The van der Waals surface area contributed by atoms with Gasteiger partial charge in [0.15, 0.2) is 5.58 Å². The molecular weight excluding hydrogens is 294 g/mol. The number of fused-ring (bicyclic) bond motifs is 2. The van der Waals surface area contributed by atoms with Gasteiger partial charge in [-0.3, -0.25) is 9.78 Å². The summed E-state index contributed by atoms with van der Waals surface area (Å²) in [6, 6.07) is 9.33. The molecule has 0 amide bonds. The van der Waals surface area contributed by atoms with Crippen LogP contribution >= 0.6 is 0 Å². The highest BCUT2D eigenvalue weighted by atomic mass is 16.5. The van der Waals surface area contributed by atoms with Crippen LogP contribution < -0.4 is 10.2 Å². The van der Waals surface area contributed by atoms with Crippen LogP contribution in [0.5, 0.6) is 5.75 Å². The third kappa shape index (κ3) is 2.24. The average Bonchev–Trinajstić information content (AvgIpc) is 2.99. The van der Waals surface area contributed by atoms with Crippen molar-refractivity contribution >= 4 is 22.1 Å². The van der Waals surface area contributed by atoms with Crippen molar-refractivity contribution in [1.82, 2.24) is 14.8 Å². The molecule has 23 heavy (non-hydrogen) atoms. The van der Waals surface area contributed by atoms with Crippen molar-refractivity contribution < 1.29 is 9.15 Å². The molecule has 1 aromatic carbocycles. The number of ether oxygens (including phenoxy) is 1. The summed E-state index contributed by atoms with van der Waals surface area (Å²) in [6.07, 6.45) is 4.66. The van der Waals surface area contributed by atoms with Crippen molar-refractivity contribution in [1.29, 1.82) is 0 Å². The number of aromatic nitrogens is 3. The summed E-state index contributed by atoms with van der Waals surface area (Å²) < 4.78 is 12.6. The Kier molecular flexibility index (Phi) is 3.08. The zero-order valence-electron chi connectivity index (χ0n) is 12.4. The number of pyridine rings is 1. The number of hydrogen-bond acceptors (Lipinski definition) is 5. The summed E-state index contributed by atoms with van der Waals surface area (Å²) in [5.74, 6) is 0.794. The van der Waals surface area contributed by atoms with Crippen LogP contribution in [0.3, 0.4) is 0 Å². The van der Waals surface area contributed by atoms with Crippen molar-refractivity contribution in [3.63, 3.8) is 0 Å². The van der Waals surface area contributed by atoms with E-state index in [1.54, 1.807) is 36.4 Å². The molecule has 0 radical (unpaired) electrons. The summed E-state index contributed by atoms with van der Waals surface area (Å²) in [6.45, 7) is 0.502. The van der Waals surface area contributed by atoms with Crippen molar-refractivity contribution in [2.45, 2.75) is 6.54 Å². The smallest absolute Gasteiger partial charge is 0.229 e. The highest BCUT2D eigenvalue weighted by Crippen LogP contribution is 2.19. The van der Waals surface area contributed by atoms with E-state index in [1.165, 1.54) is 0 Å². The van der Waals surface area contributed by atoms with E-state index in [2.05, 4.69) is 10.1 Å². The summed E-state index contributed by atoms with van der Waals surface area (Å²) in [5, 5.41) is 5.27. The van der Waals surface area contributed by atoms with Gasteiger partial charge < -0.3 is 9.15 Å². The Morgan fingerprint density at radius 1 is 1.13 bits per heavy atom. The summed E-state index contributed by atoms with van der Waals surface area (Å²) >= 11 is 0. The second kappa shape index (κ2) is 5.24. The molecule has 0 aliphatic carbocycles. The normalized spacial score (nSPS) is 11.2. The fraction of sp³-hybridized carbons (Fsp3) is 0.118. The Morgan fingerprint density at radius 2 is 1.96 bits per heavy atom. The minimum absolute atomic E-state index is 0.0929. The molecule has 114 valence electrons. The molecule has 0 bridgehead atoms. The molecule has 0 spiro atoms. The predicted molar refractivity (Wildman–Crippen MR) is 85.7 cm³/mol. The van der Waals surface area contributed by atoms with Crippen molar-refractivity contribution in [3.8, 4) is 5.75 Å². The Hall–Kier alpha value is -3.15. The van der Waals surface area contributed by atoms with E-state index in [0.29, 0.717) is 28.6 Å². The van der Waals surface area contributed by atoms with Gasteiger partial charge in [0.2, 0.25) is 11.1 Å². The van der Waals surface area contributed by atoms with E-state index in [9.17, 15) is 4.79 Å². The standard InChI is InChI=1S/C17H13N3O3/c1-22-12-4-2-11(3-5-12)10-20-17-14(8-19-20)16(21)13-6-7-18-9-15(13)23-17/h2-9H,10H2,1H3. The molecule has 6 heteroatoms. The van der Waals surface area contributed by atoms with Crippen molar-refractivity contribution in [2.75, 3.05) is 7.11 Å². The maximum Gasteiger partial charge on any atom is 0.229 e.